The Bertz CT molecular complexity index is 177. The van der Waals surface area contributed by atoms with Crippen LogP contribution in [0.15, 0.2) is 4.99 Å². The summed E-state index contributed by atoms with van der Waals surface area (Å²) in [5, 5.41) is 2.98. The van der Waals surface area contributed by atoms with Gasteiger partial charge in [-0.3, -0.25) is 10.4 Å². The maximum absolute atomic E-state index is 4.55. The molecule has 3 nitrogen and oxygen atoms in total. The molecule has 0 bridgehead atoms. The van der Waals surface area contributed by atoms with Gasteiger partial charge < -0.3 is 0 Å². The second kappa shape index (κ2) is 4.14. The Balaban J connectivity index is 2.43. The average Bonchev–Trinajstić information content (AvgIpc) is 2.34. The monoisotopic (exact) mass is 187 g/mol. The molecular formula is C8H17N3S. The van der Waals surface area contributed by atoms with E-state index < -0.39 is 0 Å². The molecule has 0 aromatic carbocycles. The van der Waals surface area contributed by atoms with Gasteiger partial charge in [0, 0.05) is 19.8 Å². The molecule has 0 unspecified atom stereocenters. The second-order valence-corrected chi connectivity index (χ2v) is 4.57. The summed E-state index contributed by atoms with van der Waals surface area (Å²) in [6.07, 6.45) is 0. The summed E-state index contributed by atoms with van der Waals surface area (Å²) in [6, 6.07) is 0.498. The molecule has 1 rings (SSSR count). The fourth-order valence-electron chi connectivity index (χ4n) is 0.983. The van der Waals surface area contributed by atoms with E-state index in [1.54, 1.807) is 11.8 Å². The van der Waals surface area contributed by atoms with E-state index in [-0.39, 0.29) is 0 Å². The summed E-state index contributed by atoms with van der Waals surface area (Å²) in [6.45, 7) is 4.43. The Hall–Kier alpha value is -0.220. The van der Waals surface area contributed by atoms with Crippen molar-refractivity contribution in [2.24, 2.45) is 10.9 Å². The molecular weight excluding hydrogens is 170 g/mol. The first-order chi connectivity index (χ1) is 5.59. The number of hydrazine groups is 1. The number of amidine groups is 1. The Morgan fingerprint density at radius 1 is 1.58 bits per heavy atom. The van der Waals surface area contributed by atoms with Crippen molar-refractivity contribution in [3.63, 3.8) is 0 Å². The fraction of sp³-hybridized carbons (Fsp3) is 0.875. The third-order valence-corrected chi connectivity index (χ3v) is 2.74. The van der Waals surface area contributed by atoms with Gasteiger partial charge in [0.25, 0.3) is 0 Å². The van der Waals surface area contributed by atoms with Gasteiger partial charge in [0.2, 0.25) is 0 Å². The Morgan fingerprint density at radius 2 is 2.25 bits per heavy atom. The highest BCUT2D eigenvalue weighted by molar-refractivity contribution is 8.14. The molecule has 0 spiro atoms. The number of hydrogen-bond donors (Lipinski definition) is 1. The van der Waals surface area contributed by atoms with Crippen molar-refractivity contribution in [2.75, 3.05) is 19.8 Å². The first-order valence-corrected chi connectivity index (χ1v) is 5.22. The topological polar surface area (TPSA) is 27.6 Å². The van der Waals surface area contributed by atoms with Gasteiger partial charge >= 0.3 is 0 Å². The highest BCUT2D eigenvalue weighted by atomic mass is 32.2. The van der Waals surface area contributed by atoms with Crippen LogP contribution in [0, 0.1) is 5.92 Å². The van der Waals surface area contributed by atoms with Crippen molar-refractivity contribution in [1.82, 2.24) is 10.4 Å². The van der Waals surface area contributed by atoms with E-state index in [9.17, 15) is 0 Å². The van der Waals surface area contributed by atoms with Gasteiger partial charge in [-0.05, 0) is 5.92 Å². The van der Waals surface area contributed by atoms with Crippen LogP contribution < -0.4 is 5.43 Å². The smallest absolute Gasteiger partial charge is 0.171 e. The van der Waals surface area contributed by atoms with E-state index in [1.165, 1.54) is 0 Å². The summed E-state index contributed by atoms with van der Waals surface area (Å²) in [7, 11) is 3.96. The van der Waals surface area contributed by atoms with Crippen molar-refractivity contribution in [3.8, 4) is 0 Å². The standard InChI is InChI=1S/C8H17N3S/c1-6(2)7-5-12-8(9-7)10-11(3)4/h6-7H,5H2,1-4H3,(H,9,10)/t7-/m1/s1. The van der Waals surface area contributed by atoms with Crippen LogP contribution in [0.3, 0.4) is 0 Å². The summed E-state index contributed by atoms with van der Waals surface area (Å²) >= 11 is 1.80. The number of nitrogens with one attached hydrogen (secondary N) is 1. The molecule has 0 saturated heterocycles. The van der Waals surface area contributed by atoms with Crippen LogP contribution in [0.1, 0.15) is 13.8 Å². The Kier molecular flexibility index (Phi) is 3.40. The molecule has 0 aromatic rings. The van der Waals surface area contributed by atoms with Crippen LogP contribution in [0.4, 0.5) is 0 Å². The average molecular weight is 187 g/mol. The lowest BCUT2D eigenvalue weighted by Crippen LogP contribution is -2.33. The van der Waals surface area contributed by atoms with Crippen molar-refractivity contribution < 1.29 is 0 Å². The molecule has 0 aliphatic carbocycles. The first kappa shape index (κ1) is 9.86. The minimum Gasteiger partial charge on any atom is -0.298 e. The minimum atomic E-state index is 0.498. The molecule has 1 aliphatic heterocycles. The Labute approximate surface area is 78.6 Å². The van der Waals surface area contributed by atoms with Gasteiger partial charge in [0.1, 0.15) is 0 Å². The van der Waals surface area contributed by atoms with Crippen LogP contribution in [0.2, 0.25) is 0 Å². The van der Waals surface area contributed by atoms with Crippen LogP contribution in [-0.4, -0.2) is 36.1 Å². The third-order valence-electron chi connectivity index (χ3n) is 1.76. The highest BCUT2D eigenvalue weighted by Gasteiger charge is 2.20. The lowest BCUT2D eigenvalue weighted by atomic mass is 10.1. The molecule has 0 aromatic heterocycles. The molecule has 0 radical (unpaired) electrons. The van der Waals surface area contributed by atoms with E-state index >= 15 is 0 Å². The zero-order chi connectivity index (χ0) is 9.14. The number of nitrogens with zero attached hydrogens (tertiary/aromatic N) is 2. The Morgan fingerprint density at radius 3 is 2.67 bits per heavy atom. The highest BCUT2D eigenvalue weighted by Crippen LogP contribution is 2.21. The van der Waals surface area contributed by atoms with Gasteiger partial charge in [0.15, 0.2) is 5.17 Å². The summed E-state index contributed by atoms with van der Waals surface area (Å²) in [4.78, 5) is 4.55. The van der Waals surface area contributed by atoms with Gasteiger partial charge in [-0.1, -0.05) is 25.6 Å². The molecule has 0 fully saturated rings. The van der Waals surface area contributed by atoms with Crippen LogP contribution in [0.5, 0.6) is 0 Å². The largest absolute Gasteiger partial charge is 0.298 e. The fourth-order valence-corrected chi connectivity index (χ4v) is 2.23. The molecule has 1 atom stereocenters. The van der Waals surface area contributed by atoms with Crippen LogP contribution in [-0.2, 0) is 0 Å². The predicted octanol–water partition coefficient (Wildman–Crippen LogP) is 1.18. The zero-order valence-corrected chi connectivity index (χ0v) is 8.98. The molecule has 4 heteroatoms. The molecule has 1 heterocycles. The predicted molar refractivity (Wildman–Crippen MR) is 55.3 cm³/mol. The molecule has 1 N–H and O–H groups in total. The number of hydrogen-bond acceptors (Lipinski definition) is 4. The van der Waals surface area contributed by atoms with Gasteiger partial charge in [-0.2, -0.15) is 0 Å². The van der Waals surface area contributed by atoms with Gasteiger partial charge in [-0.25, -0.2) is 5.01 Å². The first-order valence-electron chi connectivity index (χ1n) is 4.24. The van der Waals surface area contributed by atoms with Gasteiger partial charge in [-0.15, -0.1) is 0 Å². The lowest BCUT2D eigenvalue weighted by molar-refractivity contribution is 0.364. The lowest BCUT2D eigenvalue weighted by Gasteiger charge is -2.11. The van der Waals surface area contributed by atoms with Crippen molar-refractivity contribution >= 4 is 16.9 Å². The van der Waals surface area contributed by atoms with Crippen LogP contribution in [0.25, 0.3) is 0 Å². The maximum Gasteiger partial charge on any atom is 0.171 e. The van der Waals surface area contributed by atoms with E-state index in [4.69, 9.17) is 0 Å². The number of rotatable bonds is 2. The van der Waals surface area contributed by atoms with Crippen LogP contribution >= 0.6 is 11.8 Å². The molecule has 0 amide bonds. The zero-order valence-electron chi connectivity index (χ0n) is 8.16. The quantitative estimate of drug-likeness (QED) is 0.658. The van der Waals surface area contributed by atoms with Crippen molar-refractivity contribution in [2.45, 2.75) is 19.9 Å². The molecule has 1 aliphatic rings. The van der Waals surface area contributed by atoms with E-state index in [0.29, 0.717) is 12.0 Å². The van der Waals surface area contributed by atoms with Crippen molar-refractivity contribution in [3.05, 3.63) is 0 Å². The van der Waals surface area contributed by atoms with Crippen molar-refractivity contribution in [1.29, 1.82) is 0 Å². The summed E-state index contributed by atoms with van der Waals surface area (Å²) in [5.74, 6) is 1.77. The van der Waals surface area contributed by atoms with E-state index in [0.717, 1.165) is 10.9 Å². The second-order valence-electron chi connectivity index (χ2n) is 3.56. The number of aliphatic imine (C=N–C) groups is 1. The minimum absolute atomic E-state index is 0.498. The maximum atomic E-state index is 4.55. The molecule has 12 heavy (non-hydrogen) atoms. The summed E-state index contributed by atoms with van der Waals surface area (Å²) in [5.41, 5.74) is 3.17. The molecule has 0 saturated carbocycles. The van der Waals surface area contributed by atoms with E-state index in [2.05, 4.69) is 24.3 Å². The normalized spacial score (nSPS) is 23.5. The SMILES string of the molecule is CC(C)[C@H]1CSC(NN(C)C)=N1. The van der Waals surface area contributed by atoms with E-state index in [1.807, 2.05) is 19.1 Å². The third kappa shape index (κ3) is 2.68. The summed E-state index contributed by atoms with van der Waals surface area (Å²) < 4.78 is 0. The molecule has 70 valence electrons. The van der Waals surface area contributed by atoms with Gasteiger partial charge in [0.05, 0.1) is 6.04 Å². The number of thioether (sulfide) groups is 1.